The number of hydrogen-bond acceptors (Lipinski definition) is 1. The fourth-order valence-corrected chi connectivity index (χ4v) is 2.88. The van der Waals surface area contributed by atoms with Crippen LogP contribution in [0, 0.1) is 12.8 Å². The molecule has 20 heavy (non-hydrogen) atoms. The lowest BCUT2D eigenvalue weighted by Gasteiger charge is -2.21. The van der Waals surface area contributed by atoms with Crippen LogP contribution in [0.15, 0.2) is 24.3 Å². The smallest absolute Gasteiger partial charge is 0.314 e. The minimum atomic E-state index is -0.0248. The maximum Gasteiger partial charge on any atom is 0.314 e. The molecule has 1 aromatic rings. The van der Waals surface area contributed by atoms with Gasteiger partial charge in [0.1, 0.15) is 0 Å². The summed E-state index contributed by atoms with van der Waals surface area (Å²) < 4.78 is 0. The zero-order chi connectivity index (χ0) is 14.2. The Morgan fingerprint density at radius 3 is 2.75 bits per heavy atom. The first kappa shape index (κ1) is 14.9. The van der Waals surface area contributed by atoms with E-state index < -0.39 is 0 Å². The van der Waals surface area contributed by atoms with Crippen LogP contribution >= 0.6 is 0 Å². The van der Waals surface area contributed by atoms with Crippen LogP contribution in [-0.4, -0.2) is 19.1 Å². The molecule has 0 saturated heterocycles. The van der Waals surface area contributed by atoms with Crippen LogP contribution in [0.5, 0.6) is 0 Å². The van der Waals surface area contributed by atoms with E-state index in [1.807, 2.05) is 0 Å². The summed E-state index contributed by atoms with van der Waals surface area (Å²) in [6.45, 7) is 3.62. The second kappa shape index (κ2) is 7.93. The highest BCUT2D eigenvalue weighted by molar-refractivity contribution is 5.73. The Balaban J connectivity index is 1.60. The largest absolute Gasteiger partial charge is 0.338 e. The normalized spacial score (nSPS) is 15.8. The number of nitrogens with one attached hydrogen (secondary N) is 2. The fourth-order valence-electron chi connectivity index (χ4n) is 2.88. The Morgan fingerprint density at radius 2 is 2.00 bits per heavy atom. The van der Waals surface area contributed by atoms with Crippen LogP contribution in [0.4, 0.5) is 4.79 Å². The molecule has 0 spiro atoms. The van der Waals surface area contributed by atoms with Crippen LogP contribution < -0.4 is 10.6 Å². The molecule has 0 bridgehead atoms. The summed E-state index contributed by atoms with van der Waals surface area (Å²) in [5, 5.41) is 5.94. The van der Waals surface area contributed by atoms with Crippen molar-refractivity contribution in [2.45, 2.75) is 45.4 Å². The van der Waals surface area contributed by atoms with Crippen molar-refractivity contribution in [1.82, 2.24) is 10.6 Å². The molecule has 0 unspecified atom stereocenters. The highest BCUT2D eigenvalue weighted by Crippen LogP contribution is 2.22. The molecule has 110 valence electrons. The molecule has 1 aliphatic rings. The summed E-state index contributed by atoms with van der Waals surface area (Å²) in [7, 11) is 0. The summed E-state index contributed by atoms with van der Waals surface area (Å²) in [6, 6.07) is 8.40. The molecule has 1 aromatic carbocycles. The van der Waals surface area contributed by atoms with Gasteiger partial charge in [-0.05, 0) is 37.7 Å². The molecule has 0 radical (unpaired) electrons. The molecule has 0 aliphatic heterocycles. The van der Waals surface area contributed by atoms with Gasteiger partial charge >= 0.3 is 6.03 Å². The Labute approximate surface area is 122 Å². The van der Waals surface area contributed by atoms with Gasteiger partial charge in [0, 0.05) is 13.1 Å². The van der Waals surface area contributed by atoms with Gasteiger partial charge in [-0.2, -0.15) is 0 Å². The molecule has 1 saturated carbocycles. The zero-order valence-electron chi connectivity index (χ0n) is 12.5. The van der Waals surface area contributed by atoms with Gasteiger partial charge in [0.05, 0.1) is 0 Å². The summed E-state index contributed by atoms with van der Waals surface area (Å²) in [6.07, 6.45) is 7.42. The SMILES string of the molecule is Cc1cccc(CCNC(=O)NCC2CCCCC2)c1. The maximum atomic E-state index is 11.7. The predicted molar refractivity (Wildman–Crippen MR) is 82.9 cm³/mol. The molecule has 0 heterocycles. The first-order valence-corrected chi connectivity index (χ1v) is 7.81. The molecule has 0 aromatic heterocycles. The summed E-state index contributed by atoms with van der Waals surface area (Å²) in [4.78, 5) is 11.7. The van der Waals surface area contributed by atoms with Gasteiger partial charge in [-0.25, -0.2) is 4.79 Å². The lowest BCUT2D eigenvalue weighted by molar-refractivity contribution is 0.236. The van der Waals surface area contributed by atoms with Crippen molar-refractivity contribution in [1.29, 1.82) is 0 Å². The van der Waals surface area contributed by atoms with Crippen molar-refractivity contribution in [3.05, 3.63) is 35.4 Å². The van der Waals surface area contributed by atoms with Crippen molar-refractivity contribution in [2.75, 3.05) is 13.1 Å². The van der Waals surface area contributed by atoms with Crippen molar-refractivity contribution in [3.63, 3.8) is 0 Å². The number of hydrogen-bond donors (Lipinski definition) is 2. The second-order valence-electron chi connectivity index (χ2n) is 5.88. The Kier molecular flexibility index (Phi) is 5.90. The Hall–Kier alpha value is -1.51. The number of aryl methyl sites for hydroxylation is 1. The van der Waals surface area contributed by atoms with Gasteiger partial charge in [0.15, 0.2) is 0 Å². The van der Waals surface area contributed by atoms with Crippen LogP contribution in [0.2, 0.25) is 0 Å². The number of carbonyl (C=O) groups is 1. The van der Waals surface area contributed by atoms with Gasteiger partial charge in [-0.15, -0.1) is 0 Å². The Morgan fingerprint density at radius 1 is 1.20 bits per heavy atom. The molecule has 1 fully saturated rings. The summed E-state index contributed by atoms with van der Waals surface area (Å²) >= 11 is 0. The minimum absolute atomic E-state index is 0.0248. The topological polar surface area (TPSA) is 41.1 Å². The monoisotopic (exact) mass is 274 g/mol. The van der Waals surface area contributed by atoms with Crippen molar-refractivity contribution in [3.8, 4) is 0 Å². The molecular weight excluding hydrogens is 248 g/mol. The number of urea groups is 1. The van der Waals surface area contributed by atoms with Crippen molar-refractivity contribution in [2.24, 2.45) is 5.92 Å². The average molecular weight is 274 g/mol. The molecule has 2 rings (SSSR count). The van der Waals surface area contributed by atoms with Gasteiger partial charge in [-0.3, -0.25) is 0 Å². The van der Waals surface area contributed by atoms with Gasteiger partial charge in [-0.1, -0.05) is 49.1 Å². The third kappa shape index (κ3) is 5.24. The number of carbonyl (C=O) groups excluding carboxylic acids is 1. The lowest BCUT2D eigenvalue weighted by Crippen LogP contribution is -2.39. The highest BCUT2D eigenvalue weighted by Gasteiger charge is 2.13. The fraction of sp³-hybridized carbons (Fsp3) is 0.588. The van der Waals surface area contributed by atoms with Crippen LogP contribution in [0.1, 0.15) is 43.2 Å². The molecule has 0 atom stereocenters. The van der Waals surface area contributed by atoms with Crippen LogP contribution in [0.3, 0.4) is 0 Å². The average Bonchev–Trinajstić information content (AvgIpc) is 2.46. The van der Waals surface area contributed by atoms with Crippen LogP contribution in [0.25, 0.3) is 0 Å². The molecule has 2 N–H and O–H groups in total. The van der Waals surface area contributed by atoms with E-state index in [1.165, 1.54) is 43.2 Å². The number of amides is 2. The van der Waals surface area contributed by atoms with E-state index in [9.17, 15) is 4.79 Å². The standard InChI is InChI=1S/C17H26N2O/c1-14-6-5-9-15(12-14)10-11-18-17(20)19-13-16-7-3-2-4-8-16/h5-6,9,12,16H,2-4,7-8,10-11,13H2,1H3,(H2,18,19,20). The molecular formula is C17H26N2O. The van der Waals surface area contributed by atoms with Crippen LogP contribution in [-0.2, 0) is 6.42 Å². The molecule has 3 heteroatoms. The maximum absolute atomic E-state index is 11.7. The van der Waals surface area contributed by atoms with Gasteiger partial charge < -0.3 is 10.6 Å². The second-order valence-corrected chi connectivity index (χ2v) is 5.88. The van der Waals surface area contributed by atoms with E-state index >= 15 is 0 Å². The van der Waals surface area contributed by atoms with E-state index in [0.29, 0.717) is 12.5 Å². The third-order valence-electron chi connectivity index (χ3n) is 4.06. The van der Waals surface area contributed by atoms with E-state index in [4.69, 9.17) is 0 Å². The van der Waals surface area contributed by atoms with E-state index in [1.54, 1.807) is 0 Å². The van der Waals surface area contributed by atoms with E-state index in [-0.39, 0.29) is 6.03 Å². The molecule has 3 nitrogen and oxygen atoms in total. The number of rotatable bonds is 5. The first-order chi connectivity index (χ1) is 9.74. The molecule has 2 amide bonds. The zero-order valence-corrected chi connectivity index (χ0v) is 12.5. The van der Waals surface area contributed by atoms with Gasteiger partial charge in [0.2, 0.25) is 0 Å². The van der Waals surface area contributed by atoms with E-state index in [2.05, 4.69) is 41.8 Å². The quantitative estimate of drug-likeness (QED) is 0.848. The lowest BCUT2D eigenvalue weighted by atomic mass is 9.89. The highest BCUT2D eigenvalue weighted by atomic mass is 16.2. The minimum Gasteiger partial charge on any atom is -0.338 e. The third-order valence-corrected chi connectivity index (χ3v) is 4.06. The Bertz CT molecular complexity index is 425. The van der Waals surface area contributed by atoms with Crippen molar-refractivity contribution >= 4 is 6.03 Å². The van der Waals surface area contributed by atoms with E-state index in [0.717, 1.165) is 13.0 Å². The summed E-state index contributed by atoms with van der Waals surface area (Å²) in [5.74, 6) is 0.686. The first-order valence-electron chi connectivity index (χ1n) is 7.81. The molecule has 1 aliphatic carbocycles. The predicted octanol–water partition coefficient (Wildman–Crippen LogP) is 3.42. The van der Waals surface area contributed by atoms with Crippen molar-refractivity contribution < 1.29 is 4.79 Å². The number of benzene rings is 1. The van der Waals surface area contributed by atoms with Gasteiger partial charge in [0.25, 0.3) is 0 Å². The summed E-state index contributed by atoms with van der Waals surface area (Å²) in [5.41, 5.74) is 2.54.